The number of benzene rings is 1. The van der Waals surface area contributed by atoms with Gasteiger partial charge >= 0.3 is 0 Å². The van der Waals surface area contributed by atoms with Crippen molar-refractivity contribution in [1.82, 2.24) is 20.6 Å². The highest BCUT2D eigenvalue weighted by atomic mass is 79.9. The summed E-state index contributed by atoms with van der Waals surface area (Å²) in [4.78, 5) is 19.3. The van der Waals surface area contributed by atoms with Crippen LogP contribution < -0.4 is 10.6 Å². The summed E-state index contributed by atoms with van der Waals surface area (Å²) >= 11 is 3.47. The standard InChI is InChI=1S/C17H23BrN4O/c1-3-12(2)21-17(23)7-8-19-11-16-20-10-15(22-16)13-5-4-6-14(18)9-13/h4-6,9-10,12,19H,3,7-8,11H2,1-2H3,(H,20,22)(H,21,23). The zero-order valence-corrected chi connectivity index (χ0v) is 15.1. The number of aromatic nitrogens is 2. The number of nitrogens with one attached hydrogen (secondary N) is 3. The SMILES string of the molecule is CCC(C)NC(=O)CCNCc1ncc(-c2cccc(Br)c2)[nH]1. The Morgan fingerprint density at radius 1 is 1.43 bits per heavy atom. The Morgan fingerprint density at radius 3 is 3.00 bits per heavy atom. The molecule has 6 heteroatoms. The Labute approximate surface area is 145 Å². The quantitative estimate of drug-likeness (QED) is 0.617. The summed E-state index contributed by atoms with van der Waals surface area (Å²) in [6.07, 6.45) is 3.25. The van der Waals surface area contributed by atoms with E-state index < -0.39 is 0 Å². The second kappa shape index (κ2) is 8.84. The van der Waals surface area contributed by atoms with Gasteiger partial charge in [-0.1, -0.05) is 35.0 Å². The molecule has 1 unspecified atom stereocenters. The minimum atomic E-state index is 0.0844. The van der Waals surface area contributed by atoms with Crippen LogP contribution in [0.3, 0.4) is 0 Å². The van der Waals surface area contributed by atoms with E-state index in [1.165, 1.54) is 0 Å². The minimum absolute atomic E-state index is 0.0844. The summed E-state index contributed by atoms with van der Waals surface area (Å²) in [5.41, 5.74) is 2.07. The molecule has 1 amide bonds. The van der Waals surface area contributed by atoms with Gasteiger partial charge in [0.05, 0.1) is 18.4 Å². The predicted octanol–water partition coefficient (Wildman–Crippen LogP) is 3.23. The van der Waals surface area contributed by atoms with Crippen LogP contribution in [0.5, 0.6) is 0 Å². The van der Waals surface area contributed by atoms with Crippen LogP contribution in [0.1, 0.15) is 32.5 Å². The van der Waals surface area contributed by atoms with E-state index in [9.17, 15) is 4.79 Å². The number of imidazole rings is 1. The molecule has 1 atom stereocenters. The van der Waals surface area contributed by atoms with Crippen LogP contribution in [0.2, 0.25) is 0 Å². The van der Waals surface area contributed by atoms with E-state index >= 15 is 0 Å². The Hall–Kier alpha value is -1.66. The van der Waals surface area contributed by atoms with Gasteiger partial charge < -0.3 is 15.6 Å². The molecule has 3 N–H and O–H groups in total. The lowest BCUT2D eigenvalue weighted by atomic mass is 10.2. The number of carbonyl (C=O) groups excluding carboxylic acids is 1. The molecule has 23 heavy (non-hydrogen) atoms. The number of hydrogen-bond acceptors (Lipinski definition) is 3. The third-order valence-corrected chi connectivity index (χ3v) is 4.10. The van der Waals surface area contributed by atoms with Crippen LogP contribution in [-0.4, -0.2) is 28.5 Å². The third-order valence-electron chi connectivity index (χ3n) is 3.61. The Balaban J connectivity index is 1.76. The molecule has 124 valence electrons. The molecule has 2 aromatic rings. The normalized spacial score (nSPS) is 12.1. The highest BCUT2D eigenvalue weighted by Gasteiger charge is 2.06. The third kappa shape index (κ3) is 5.80. The number of amides is 1. The van der Waals surface area contributed by atoms with Gasteiger partial charge in [0, 0.05) is 29.0 Å². The molecule has 5 nitrogen and oxygen atoms in total. The van der Waals surface area contributed by atoms with Crippen LogP contribution in [-0.2, 0) is 11.3 Å². The van der Waals surface area contributed by atoms with Gasteiger partial charge in [-0.25, -0.2) is 4.98 Å². The van der Waals surface area contributed by atoms with Crippen LogP contribution >= 0.6 is 15.9 Å². The molecule has 0 fully saturated rings. The Kier molecular flexibility index (Phi) is 6.80. The monoisotopic (exact) mass is 378 g/mol. The maximum atomic E-state index is 11.7. The number of halogens is 1. The molecule has 0 saturated carbocycles. The van der Waals surface area contributed by atoms with Crippen LogP contribution in [0, 0.1) is 0 Å². The second-order valence-corrected chi connectivity index (χ2v) is 6.47. The highest BCUT2D eigenvalue weighted by Crippen LogP contribution is 2.21. The fourth-order valence-corrected chi connectivity index (χ4v) is 2.51. The number of aromatic amines is 1. The molecular formula is C17H23BrN4O. The summed E-state index contributed by atoms with van der Waals surface area (Å²) in [6, 6.07) is 8.31. The molecule has 2 rings (SSSR count). The number of nitrogens with zero attached hydrogens (tertiary/aromatic N) is 1. The molecule has 0 saturated heterocycles. The first-order valence-corrected chi connectivity index (χ1v) is 8.67. The molecule has 0 bridgehead atoms. The summed E-state index contributed by atoms with van der Waals surface area (Å²) in [5, 5.41) is 6.19. The minimum Gasteiger partial charge on any atom is -0.354 e. The molecule has 0 aliphatic carbocycles. The van der Waals surface area contributed by atoms with Gasteiger partial charge in [0.15, 0.2) is 0 Å². The van der Waals surface area contributed by atoms with Crippen LogP contribution in [0.25, 0.3) is 11.3 Å². The van der Waals surface area contributed by atoms with Crippen molar-refractivity contribution >= 4 is 21.8 Å². The van der Waals surface area contributed by atoms with E-state index in [1.807, 2.05) is 37.4 Å². The van der Waals surface area contributed by atoms with Crippen molar-refractivity contribution in [2.75, 3.05) is 6.54 Å². The number of carbonyl (C=O) groups is 1. The molecular weight excluding hydrogens is 356 g/mol. The Morgan fingerprint density at radius 2 is 2.26 bits per heavy atom. The highest BCUT2D eigenvalue weighted by molar-refractivity contribution is 9.10. The molecule has 0 spiro atoms. The topological polar surface area (TPSA) is 69.8 Å². The van der Waals surface area contributed by atoms with Crippen molar-refractivity contribution in [3.63, 3.8) is 0 Å². The van der Waals surface area contributed by atoms with Crippen molar-refractivity contribution in [1.29, 1.82) is 0 Å². The van der Waals surface area contributed by atoms with Gasteiger partial charge in [-0.15, -0.1) is 0 Å². The van der Waals surface area contributed by atoms with Crippen molar-refractivity contribution in [3.8, 4) is 11.3 Å². The van der Waals surface area contributed by atoms with Crippen molar-refractivity contribution in [2.45, 2.75) is 39.3 Å². The van der Waals surface area contributed by atoms with Crippen LogP contribution in [0.15, 0.2) is 34.9 Å². The van der Waals surface area contributed by atoms with E-state index in [1.54, 1.807) is 0 Å². The predicted molar refractivity (Wildman–Crippen MR) is 95.9 cm³/mol. The molecule has 1 aromatic heterocycles. The summed E-state index contributed by atoms with van der Waals surface area (Å²) in [5.74, 6) is 0.948. The van der Waals surface area contributed by atoms with Gasteiger partial charge in [-0.2, -0.15) is 0 Å². The smallest absolute Gasteiger partial charge is 0.221 e. The summed E-state index contributed by atoms with van der Waals surface area (Å²) < 4.78 is 1.04. The maximum absolute atomic E-state index is 11.7. The van der Waals surface area contributed by atoms with E-state index in [4.69, 9.17) is 0 Å². The van der Waals surface area contributed by atoms with Crippen molar-refractivity contribution in [3.05, 3.63) is 40.8 Å². The van der Waals surface area contributed by atoms with Gasteiger partial charge in [0.2, 0.25) is 5.91 Å². The van der Waals surface area contributed by atoms with E-state index in [-0.39, 0.29) is 11.9 Å². The lowest BCUT2D eigenvalue weighted by Crippen LogP contribution is -2.33. The second-order valence-electron chi connectivity index (χ2n) is 5.56. The molecule has 0 aliphatic heterocycles. The van der Waals surface area contributed by atoms with Gasteiger partial charge in [0.1, 0.15) is 5.82 Å². The molecule has 0 aliphatic rings. The first-order chi connectivity index (χ1) is 11.1. The summed E-state index contributed by atoms with van der Waals surface area (Å²) in [6.45, 7) is 5.32. The average Bonchev–Trinajstić information content (AvgIpc) is 3.00. The zero-order valence-electron chi connectivity index (χ0n) is 13.5. The molecule has 1 heterocycles. The van der Waals surface area contributed by atoms with E-state index in [0.717, 1.165) is 28.0 Å². The Bertz CT molecular complexity index is 641. The van der Waals surface area contributed by atoms with Gasteiger partial charge in [0.25, 0.3) is 0 Å². The molecule has 1 aromatic carbocycles. The van der Waals surface area contributed by atoms with E-state index in [2.05, 4.69) is 43.5 Å². The fourth-order valence-electron chi connectivity index (χ4n) is 2.11. The zero-order chi connectivity index (χ0) is 16.7. The molecule has 0 radical (unpaired) electrons. The largest absolute Gasteiger partial charge is 0.354 e. The van der Waals surface area contributed by atoms with Crippen molar-refractivity contribution < 1.29 is 4.79 Å². The fraction of sp³-hybridized carbons (Fsp3) is 0.412. The lowest BCUT2D eigenvalue weighted by Gasteiger charge is -2.11. The average molecular weight is 379 g/mol. The van der Waals surface area contributed by atoms with Gasteiger partial charge in [-0.05, 0) is 25.5 Å². The van der Waals surface area contributed by atoms with E-state index in [0.29, 0.717) is 19.5 Å². The van der Waals surface area contributed by atoms with Gasteiger partial charge in [-0.3, -0.25) is 4.79 Å². The maximum Gasteiger partial charge on any atom is 0.221 e. The summed E-state index contributed by atoms with van der Waals surface area (Å²) in [7, 11) is 0. The number of hydrogen-bond donors (Lipinski definition) is 3. The lowest BCUT2D eigenvalue weighted by molar-refractivity contribution is -0.121. The number of rotatable bonds is 8. The number of H-pyrrole nitrogens is 1. The first-order valence-electron chi connectivity index (χ1n) is 7.88. The van der Waals surface area contributed by atoms with Crippen LogP contribution in [0.4, 0.5) is 0 Å². The first kappa shape index (κ1) is 17.7. The van der Waals surface area contributed by atoms with Crippen molar-refractivity contribution in [2.24, 2.45) is 0 Å².